The first-order chi connectivity index (χ1) is 14.0. The molecule has 4 rings (SSSR count). The first-order valence-electron chi connectivity index (χ1n) is 8.90. The van der Waals surface area contributed by atoms with E-state index in [0.29, 0.717) is 18.8 Å². The number of nitrogens with one attached hydrogen (secondary N) is 1. The summed E-state index contributed by atoms with van der Waals surface area (Å²) in [5.74, 6) is 0. The first-order valence-corrected chi connectivity index (χ1v) is 10.3. The number of carbonyl (C=O) groups is 1. The average Bonchev–Trinajstić information content (AvgIpc) is 3.17. The molecule has 1 saturated heterocycles. The zero-order valence-corrected chi connectivity index (χ0v) is 16.4. The Balaban J connectivity index is 1.41. The Hall–Kier alpha value is -3.24. The minimum Gasteiger partial charge on any atom is -0.453 e. The quantitative estimate of drug-likeness (QED) is 0.688. The maximum Gasteiger partial charge on any atom is 0.411 e. The second kappa shape index (κ2) is 7.64. The van der Waals surface area contributed by atoms with Gasteiger partial charge in [0, 0.05) is 24.3 Å². The van der Waals surface area contributed by atoms with Gasteiger partial charge in [0.2, 0.25) is 10.0 Å². The number of benzene rings is 2. The summed E-state index contributed by atoms with van der Waals surface area (Å²) in [7, 11) is -2.36. The van der Waals surface area contributed by atoms with E-state index >= 15 is 0 Å². The maximum absolute atomic E-state index is 12.8. The van der Waals surface area contributed by atoms with Crippen LogP contribution in [-0.2, 0) is 14.8 Å². The van der Waals surface area contributed by atoms with Gasteiger partial charge in [0.15, 0.2) is 0 Å². The van der Waals surface area contributed by atoms with Gasteiger partial charge in [0.1, 0.15) is 5.69 Å². The molecule has 0 aliphatic carbocycles. The lowest BCUT2D eigenvalue weighted by Gasteiger charge is -2.37. The van der Waals surface area contributed by atoms with Crippen molar-refractivity contribution in [1.82, 2.24) is 19.3 Å². The third kappa shape index (κ3) is 3.84. The van der Waals surface area contributed by atoms with Crippen molar-refractivity contribution in [2.45, 2.75) is 10.9 Å². The molecule has 0 spiro atoms. The highest BCUT2D eigenvalue weighted by Crippen LogP contribution is 2.29. The van der Waals surface area contributed by atoms with E-state index in [0.717, 1.165) is 11.3 Å². The average molecular weight is 413 g/mol. The van der Waals surface area contributed by atoms with Gasteiger partial charge in [-0.15, -0.1) is 5.10 Å². The molecule has 0 radical (unpaired) electrons. The number of hydrogen-bond acceptors (Lipinski definition) is 6. The van der Waals surface area contributed by atoms with Gasteiger partial charge < -0.3 is 4.74 Å². The fourth-order valence-corrected chi connectivity index (χ4v) is 4.52. The van der Waals surface area contributed by atoms with Crippen molar-refractivity contribution in [1.29, 1.82) is 0 Å². The normalized spacial score (nSPS) is 14.9. The Morgan fingerprint density at radius 3 is 2.45 bits per heavy atom. The van der Waals surface area contributed by atoms with Crippen molar-refractivity contribution in [3.05, 3.63) is 60.8 Å². The summed E-state index contributed by atoms with van der Waals surface area (Å²) in [5.41, 5.74) is 2.16. The molecule has 29 heavy (non-hydrogen) atoms. The van der Waals surface area contributed by atoms with Gasteiger partial charge in [-0.3, -0.25) is 5.32 Å². The van der Waals surface area contributed by atoms with Crippen LogP contribution in [0.3, 0.4) is 0 Å². The molecule has 1 fully saturated rings. The summed E-state index contributed by atoms with van der Waals surface area (Å²) in [4.78, 5) is 11.4. The lowest BCUT2D eigenvalue weighted by Crippen LogP contribution is -2.50. The van der Waals surface area contributed by atoms with Crippen LogP contribution >= 0.6 is 0 Å². The number of hydrogen-bond donors (Lipinski definition) is 1. The predicted octanol–water partition coefficient (Wildman–Crippen LogP) is 2.37. The highest BCUT2D eigenvalue weighted by atomic mass is 32.2. The SMILES string of the molecule is COC(=O)Nc1ccc(S(=O)(=O)N2CC(n3cc(-c4ccccc4)nn3)C2)cc1. The number of amides is 1. The molecule has 1 amide bonds. The third-order valence-corrected chi connectivity index (χ3v) is 6.55. The maximum atomic E-state index is 12.8. The minimum absolute atomic E-state index is 0.0602. The Kier molecular flexibility index (Phi) is 5.03. The second-order valence-electron chi connectivity index (χ2n) is 6.57. The summed E-state index contributed by atoms with van der Waals surface area (Å²) < 4.78 is 33.2. The molecule has 2 heterocycles. The fourth-order valence-electron chi connectivity index (χ4n) is 3.00. The molecule has 1 aliphatic rings. The van der Waals surface area contributed by atoms with Crippen LogP contribution in [0.5, 0.6) is 0 Å². The van der Waals surface area contributed by atoms with Crippen molar-refractivity contribution < 1.29 is 17.9 Å². The molecule has 2 aromatic carbocycles. The lowest BCUT2D eigenvalue weighted by atomic mass is 10.1. The Morgan fingerprint density at radius 1 is 1.10 bits per heavy atom. The van der Waals surface area contributed by atoms with Crippen LogP contribution in [0, 0.1) is 0 Å². The van der Waals surface area contributed by atoms with E-state index in [4.69, 9.17) is 0 Å². The zero-order valence-electron chi connectivity index (χ0n) is 15.6. The van der Waals surface area contributed by atoms with Crippen LogP contribution in [-0.4, -0.2) is 54.0 Å². The third-order valence-electron chi connectivity index (χ3n) is 4.71. The van der Waals surface area contributed by atoms with E-state index in [-0.39, 0.29) is 10.9 Å². The molecule has 1 N–H and O–H groups in total. The summed E-state index contributed by atoms with van der Waals surface area (Å²) in [6.07, 6.45) is 1.21. The van der Waals surface area contributed by atoms with Gasteiger partial charge >= 0.3 is 6.09 Å². The van der Waals surface area contributed by atoms with E-state index in [9.17, 15) is 13.2 Å². The van der Waals surface area contributed by atoms with Gasteiger partial charge in [0.05, 0.1) is 24.2 Å². The van der Waals surface area contributed by atoms with Gasteiger partial charge in [-0.25, -0.2) is 17.9 Å². The molecule has 1 aromatic heterocycles. The van der Waals surface area contributed by atoms with Gasteiger partial charge in [-0.1, -0.05) is 35.5 Å². The van der Waals surface area contributed by atoms with Crippen LogP contribution in [0.15, 0.2) is 65.7 Å². The van der Waals surface area contributed by atoms with Crippen molar-refractivity contribution in [3.8, 4) is 11.3 Å². The van der Waals surface area contributed by atoms with Crippen LogP contribution in [0.1, 0.15) is 6.04 Å². The number of rotatable bonds is 5. The van der Waals surface area contributed by atoms with Gasteiger partial charge in [-0.05, 0) is 24.3 Å². The van der Waals surface area contributed by atoms with Crippen LogP contribution in [0.4, 0.5) is 10.5 Å². The first kappa shape index (κ1) is 19.1. The van der Waals surface area contributed by atoms with Crippen molar-refractivity contribution >= 4 is 21.8 Å². The summed E-state index contributed by atoms with van der Waals surface area (Å²) in [6.45, 7) is 0.643. The number of methoxy groups -OCH3 is 1. The van der Waals surface area contributed by atoms with Gasteiger partial charge in [0.25, 0.3) is 0 Å². The minimum atomic E-state index is -3.61. The molecular weight excluding hydrogens is 394 g/mol. The summed E-state index contributed by atoms with van der Waals surface area (Å²) in [5, 5.41) is 10.8. The van der Waals surface area contributed by atoms with E-state index in [2.05, 4.69) is 20.4 Å². The van der Waals surface area contributed by atoms with Crippen molar-refractivity contribution in [2.75, 3.05) is 25.5 Å². The molecule has 0 bridgehead atoms. The molecule has 0 unspecified atom stereocenters. The van der Waals surface area contributed by atoms with E-state index in [1.807, 2.05) is 36.5 Å². The number of sulfonamides is 1. The Morgan fingerprint density at radius 2 is 1.79 bits per heavy atom. The van der Waals surface area contributed by atoms with Crippen LogP contribution in [0.25, 0.3) is 11.3 Å². The molecule has 10 heteroatoms. The number of ether oxygens (including phenoxy) is 1. The van der Waals surface area contributed by atoms with E-state index < -0.39 is 16.1 Å². The van der Waals surface area contributed by atoms with Crippen molar-refractivity contribution in [2.24, 2.45) is 0 Å². The highest BCUT2D eigenvalue weighted by Gasteiger charge is 2.38. The number of anilines is 1. The molecular formula is C19H19N5O4S. The monoisotopic (exact) mass is 413 g/mol. The zero-order chi connectivity index (χ0) is 20.4. The number of nitrogens with zero attached hydrogens (tertiary/aromatic N) is 4. The van der Waals surface area contributed by atoms with Crippen LogP contribution < -0.4 is 5.32 Å². The van der Waals surface area contributed by atoms with E-state index in [1.54, 1.807) is 4.68 Å². The van der Waals surface area contributed by atoms with E-state index in [1.165, 1.54) is 35.7 Å². The summed E-state index contributed by atoms with van der Waals surface area (Å²) in [6, 6.07) is 15.6. The molecule has 0 saturated carbocycles. The second-order valence-corrected chi connectivity index (χ2v) is 8.50. The lowest BCUT2D eigenvalue weighted by molar-refractivity contribution is 0.187. The topological polar surface area (TPSA) is 106 Å². The highest BCUT2D eigenvalue weighted by molar-refractivity contribution is 7.89. The molecule has 3 aromatic rings. The smallest absolute Gasteiger partial charge is 0.411 e. The fraction of sp³-hybridized carbons (Fsp3) is 0.211. The largest absolute Gasteiger partial charge is 0.453 e. The molecule has 9 nitrogen and oxygen atoms in total. The molecule has 150 valence electrons. The summed E-state index contributed by atoms with van der Waals surface area (Å²) >= 11 is 0. The number of carbonyl (C=O) groups excluding carboxylic acids is 1. The Labute approximate surface area is 168 Å². The van der Waals surface area contributed by atoms with Gasteiger partial charge in [-0.2, -0.15) is 4.31 Å². The standard InChI is InChI=1S/C19H19N5O4S/c1-28-19(25)20-15-7-9-17(10-8-15)29(26,27)23-11-16(12-23)24-13-18(21-22-24)14-5-3-2-4-6-14/h2-10,13,16H,11-12H2,1H3,(H,20,25). The Bertz CT molecular complexity index is 1110. The van der Waals surface area contributed by atoms with Crippen LogP contribution in [0.2, 0.25) is 0 Å². The van der Waals surface area contributed by atoms with Crippen molar-refractivity contribution in [3.63, 3.8) is 0 Å². The number of aromatic nitrogens is 3. The molecule has 1 aliphatic heterocycles. The predicted molar refractivity (Wildman–Crippen MR) is 106 cm³/mol. The molecule has 0 atom stereocenters.